The van der Waals surface area contributed by atoms with Crippen LogP contribution in [0.4, 0.5) is 0 Å². The van der Waals surface area contributed by atoms with Crippen LogP contribution in [0.5, 0.6) is 0 Å². The molecule has 10 nitrogen and oxygen atoms in total. The molecule has 3 unspecified atom stereocenters. The first-order valence-electron chi connectivity index (χ1n) is 46.9. The van der Waals surface area contributed by atoms with E-state index in [1.807, 2.05) is 103 Å². The first-order chi connectivity index (χ1) is 69.3. The van der Waals surface area contributed by atoms with Gasteiger partial charge in [0.1, 0.15) is 11.6 Å². The molecule has 6 heterocycles. The Hall–Kier alpha value is -17.7. The molecule has 0 N–H and O–H groups in total. The third-order valence-electron chi connectivity index (χ3n) is 28.8. The summed E-state index contributed by atoms with van der Waals surface area (Å²) in [5.74, 6) is 3.88. The highest BCUT2D eigenvalue weighted by molar-refractivity contribution is 7.18. The summed E-state index contributed by atoms with van der Waals surface area (Å²) in [5.41, 5.74) is 37.5. The summed E-state index contributed by atoms with van der Waals surface area (Å²) in [7, 11) is 0. The molecule has 0 fully saturated rings. The van der Waals surface area contributed by atoms with Crippen molar-refractivity contribution in [2.24, 2.45) is 0 Å². The molecule has 24 aromatic rings. The zero-order valence-corrected chi connectivity index (χ0v) is 78.0. The average molecular weight is 1840 g/mol. The van der Waals surface area contributed by atoms with Crippen LogP contribution in [0.3, 0.4) is 0 Å². The van der Waals surface area contributed by atoms with Crippen LogP contribution in [0.2, 0.25) is 0 Å². The van der Waals surface area contributed by atoms with E-state index in [0.717, 1.165) is 95.0 Å². The van der Waals surface area contributed by atoms with Gasteiger partial charge >= 0.3 is 0 Å². The van der Waals surface area contributed by atoms with E-state index in [0.29, 0.717) is 34.2 Å². The minimum atomic E-state index is -0.604. The molecule has 0 saturated heterocycles. The number of rotatable bonds is 12. The topological polar surface area (TPSA) is 146 Å². The Labute approximate surface area is 820 Å². The first-order valence-corrected chi connectivity index (χ1v) is 49.6. The maximum atomic E-state index is 10.1. The second kappa shape index (κ2) is 33.4. The predicted octanol–water partition coefficient (Wildman–Crippen LogP) is 31.1. The molecule has 0 saturated carbocycles. The maximum Gasteiger partial charge on any atom is 0.165 e. The van der Waals surface area contributed by atoms with Crippen molar-refractivity contribution in [1.82, 2.24) is 34.1 Å². The quantitative estimate of drug-likeness (QED) is 0.118. The van der Waals surface area contributed by atoms with E-state index in [1.54, 1.807) is 34.0 Å². The Balaban J connectivity index is 0.000000109. The Morgan fingerprint density at radius 3 is 1.18 bits per heavy atom. The minimum Gasteiger partial charge on any atom is -0.295 e. The lowest BCUT2D eigenvalue weighted by molar-refractivity contribution is 0.767. The van der Waals surface area contributed by atoms with Gasteiger partial charge in [-0.1, -0.05) is 322 Å². The number of nitriles is 3. The molecular formula is C127H78N10S3. The van der Waals surface area contributed by atoms with E-state index in [1.165, 1.54) is 131 Å². The Morgan fingerprint density at radius 2 is 0.643 bits per heavy atom. The van der Waals surface area contributed by atoms with Crippen molar-refractivity contribution >= 4 is 86.3 Å². The number of thiophene rings is 3. The van der Waals surface area contributed by atoms with Crippen molar-refractivity contribution in [1.29, 1.82) is 15.8 Å². The highest BCUT2D eigenvalue weighted by Gasteiger charge is 2.54. The van der Waals surface area contributed by atoms with Gasteiger partial charge < -0.3 is 0 Å². The summed E-state index contributed by atoms with van der Waals surface area (Å²) in [5, 5.41) is 39.5. The van der Waals surface area contributed by atoms with E-state index in [2.05, 4.69) is 372 Å². The smallest absolute Gasteiger partial charge is 0.165 e. The third-order valence-corrected chi connectivity index (χ3v) is 31.7. The largest absolute Gasteiger partial charge is 0.295 e. The SMILES string of the molecule is CCc1nc2ccccc2n1-c1cc2c(c3ccsc13)-c1ccccc1C2(c1ccccc1)c1ccc(C#N)cc1.N#Cc1ccc(-c2cc3c(c4ccsc24)-c2ccccc2C3(c2ccccc2)c2ccc(-c3nc4ccccc4n3-c3ccccc3)cc2)cc1.N#Cc1ccc2c(c1)C1(c3ccccc3-2)c2ccccc2-c2c1cc(-c1nc(-c3ccccc3)nc(-c3ccccc3)n1)c1sccc21. The summed E-state index contributed by atoms with van der Waals surface area (Å²) >= 11 is 5.29. The highest BCUT2D eigenvalue weighted by atomic mass is 32.1. The normalized spacial score (nSPS) is 15.1. The molecule has 13 heteroatoms. The fourth-order valence-electron chi connectivity index (χ4n) is 23.1. The van der Waals surface area contributed by atoms with E-state index >= 15 is 0 Å². The summed E-state index contributed by atoms with van der Waals surface area (Å²) in [6, 6.07) is 157. The number of benzene rings is 18. The summed E-state index contributed by atoms with van der Waals surface area (Å²) in [6.45, 7) is 2.18. The van der Waals surface area contributed by atoms with E-state index < -0.39 is 16.2 Å². The number of hydrogen-bond donors (Lipinski definition) is 0. The summed E-state index contributed by atoms with van der Waals surface area (Å²) < 4.78 is 8.29. The fourth-order valence-corrected chi connectivity index (χ4v) is 25.8. The average Bonchev–Trinajstić information content (AvgIpc) is 1.49. The molecule has 18 aromatic carbocycles. The van der Waals surface area contributed by atoms with Crippen molar-refractivity contribution in [2.45, 2.75) is 29.6 Å². The van der Waals surface area contributed by atoms with Crippen molar-refractivity contribution in [3.05, 3.63) is 530 Å². The van der Waals surface area contributed by atoms with Crippen LogP contribution >= 0.6 is 34.0 Å². The molecule has 140 heavy (non-hydrogen) atoms. The molecule has 6 aromatic heterocycles. The van der Waals surface area contributed by atoms with Crippen LogP contribution in [0.1, 0.15) is 96.2 Å². The lowest BCUT2D eigenvalue weighted by Gasteiger charge is -2.34. The molecule has 4 aliphatic rings. The Kier molecular flexibility index (Phi) is 19.8. The highest BCUT2D eigenvalue weighted by Crippen LogP contribution is 2.67. The second-order valence-corrected chi connectivity index (χ2v) is 38.6. The fraction of sp³-hybridized carbons (Fsp3) is 0.0394. The second-order valence-electron chi connectivity index (χ2n) is 35.8. The van der Waals surface area contributed by atoms with Crippen LogP contribution in [-0.2, 0) is 22.7 Å². The van der Waals surface area contributed by atoms with Crippen LogP contribution in [0.15, 0.2) is 441 Å². The predicted molar refractivity (Wildman–Crippen MR) is 570 cm³/mol. The molecule has 0 radical (unpaired) electrons. The minimum absolute atomic E-state index is 0.547. The third kappa shape index (κ3) is 12.5. The standard InChI is InChI=1S/C47H29N3S.C43H24N4S.C37H25N3S/c48-30-31-19-21-32(22-20-31)39-29-41-44(38-27-28-51-45(38)39)37-15-7-8-16-40(37)47(41,34-11-3-1-4-12-34)35-25-23-33(24-26-35)46-49-42-17-9-10-18-43(42)50(46)36-13-5-2-6-14-36;44-25-26-19-20-30-29-15-7-9-17-34(29)43(36(30)23-26)35-18-10-8-16-31(35)38-32-21-22-48-39(32)33(24-37(38)43)42-46-40(27-11-3-1-4-12-27)45-41(47-42)28-13-5-2-6-14-28;1-2-34-39-31-14-8-9-15-32(31)40(34)33-22-30-35(28-20-21-41-36(28)33)27-12-6-7-13-29(27)37(30,25-10-4-3-5-11-25)26-18-16-24(23-38)17-19-26/h1-29H;1-24H;3-22H,2H2,1H3. The van der Waals surface area contributed by atoms with Crippen LogP contribution in [0.25, 0.3) is 165 Å². The van der Waals surface area contributed by atoms with E-state index in [-0.39, 0.29) is 0 Å². The summed E-state index contributed by atoms with van der Waals surface area (Å²) in [6.07, 6.45) is 0.832. The number of para-hydroxylation sites is 5. The molecule has 0 aliphatic heterocycles. The van der Waals surface area contributed by atoms with Crippen LogP contribution < -0.4 is 0 Å². The lowest BCUT2D eigenvalue weighted by atomic mass is 9.67. The van der Waals surface area contributed by atoms with Gasteiger partial charge in [-0.25, -0.2) is 24.9 Å². The van der Waals surface area contributed by atoms with Crippen molar-refractivity contribution < 1.29 is 0 Å². The van der Waals surface area contributed by atoms with Gasteiger partial charge in [0.25, 0.3) is 0 Å². The van der Waals surface area contributed by atoms with Crippen molar-refractivity contribution in [3.63, 3.8) is 0 Å². The zero-order valence-electron chi connectivity index (χ0n) is 75.6. The van der Waals surface area contributed by atoms with Gasteiger partial charge in [-0.3, -0.25) is 9.13 Å². The Bertz CT molecular complexity index is 9200. The number of hydrogen-bond acceptors (Lipinski definition) is 11. The van der Waals surface area contributed by atoms with Crippen LogP contribution in [0, 0.1) is 34.0 Å². The monoisotopic (exact) mass is 1840 g/mol. The number of imidazole rings is 2. The van der Waals surface area contributed by atoms with Gasteiger partial charge in [0.2, 0.25) is 0 Å². The number of fused-ring (bicyclic) bond motifs is 24. The molecule has 28 rings (SSSR count). The van der Waals surface area contributed by atoms with Gasteiger partial charge in [0.15, 0.2) is 17.5 Å². The molecule has 3 atom stereocenters. The van der Waals surface area contributed by atoms with Gasteiger partial charge in [-0.05, 0) is 248 Å². The molecular weight excluding hydrogens is 1760 g/mol. The van der Waals surface area contributed by atoms with E-state index in [4.69, 9.17) is 24.9 Å². The first kappa shape index (κ1) is 82.9. The molecule has 4 aliphatic carbocycles. The van der Waals surface area contributed by atoms with Gasteiger partial charge in [0, 0.05) is 59.9 Å². The van der Waals surface area contributed by atoms with E-state index in [9.17, 15) is 15.8 Å². The lowest BCUT2D eigenvalue weighted by Crippen LogP contribution is -2.28. The molecule has 1 spiro atoms. The molecule has 0 bridgehead atoms. The van der Waals surface area contributed by atoms with Gasteiger partial charge in [-0.2, -0.15) is 15.8 Å². The maximum absolute atomic E-state index is 10.1. The van der Waals surface area contributed by atoms with Crippen molar-refractivity contribution in [2.75, 3.05) is 0 Å². The molecule has 654 valence electrons. The van der Waals surface area contributed by atoms with Crippen LogP contribution in [-0.4, -0.2) is 34.1 Å². The number of aryl methyl sites for hydroxylation is 1. The number of nitrogens with zero attached hydrogens (tertiary/aromatic N) is 10. The Morgan fingerprint density at radius 1 is 0.264 bits per heavy atom. The van der Waals surface area contributed by atoms with Gasteiger partial charge in [0.05, 0.1) is 83.6 Å². The summed E-state index contributed by atoms with van der Waals surface area (Å²) in [4.78, 5) is 25.5. The molecule has 0 amide bonds. The zero-order chi connectivity index (χ0) is 93.3. The number of aromatic nitrogens is 7. The van der Waals surface area contributed by atoms with Crippen molar-refractivity contribution in [3.8, 4) is 131 Å². The van der Waals surface area contributed by atoms with Gasteiger partial charge in [-0.15, -0.1) is 34.0 Å².